The minimum Gasteiger partial charge on any atom is -0.485 e. The molecule has 2 atom stereocenters. The zero-order valence-electron chi connectivity index (χ0n) is 22.6. The third-order valence-electron chi connectivity index (χ3n) is 6.25. The number of rotatable bonds is 16. The van der Waals surface area contributed by atoms with Crippen molar-refractivity contribution in [1.29, 1.82) is 0 Å². The Kier molecular flexibility index (Phi) is 9.91. The molecule has 0 aliphatic carbocycles. The quantitative estimate of drug-likeness (QED) is 0.119. The van der Waals surface area contributed by atoms with E-state index in [1.54, 1.807) is 61.2 Å². The number of cyclic esters (lactones) is 1. The van der Waals surface area contributed by atoms with Crippen LogP contribution < -0.4 is 0 Å². The van der Waals surface area contributed by atoms with Gasteiger partial charge in [-0.25, -0.2) is 9.36 Å². The second-order valence-electron chi connectivity index (χ2n) is 9.33. The number of phosphoric ester groups is 1. The fourth-order valence-electron chi connectivity index (χ4n) is 4.09. The lowest BCUT2D eigenvalue weighted by molar-refractivity contribution is -0.148. The molecule has 2 aromatic heterocycles. The minimum atomic E-state index is -4.34. The zero-order valence-corrected chi connectivity index (χ0v) is 23.5. The van der Waals surface area contributed by atoms with Crippen LogP contribution in [0.25, 0.3) is 0 Å². The van der Waals surface area contributed by atoms with Gasteiger partial charge in [0, 0.05) is 35.9 Å². The molecule has 11 nitrogen and oxygen atoms in total. The highest BCUT2D eigenvalue weighted by Gasteiger charge is 2.46. The Morgan fingerprint density at radius 3 is 1.81 bits per heavy atom. The van der Waals surface area contributed by atoms with Gasteiger partial charge in [0.2, 0.25) is 5.76 Å². The van der Waals surface area contributed by atoms with E-state index in [-0.39, 0.29) is 37.9 Å². The monoisotopic (exact) mass is 594 g/mol. The summed E-state index contributed by atoms with van der Waals surface area (Å²) in [7, 11) is -4.34. The number of hydrogen-bond donors (Lipinski definition) is 3. The summed E-state index contributed by atoms with van der Waals surface area (Å²) in [5.41, 5.74) is 3.03. The number of benzene rings is 2. The molecule has 1 aliphatic rings. The Labute approximate surface area is 242 Å². The van der Waals surface area contributed by atoms with Crippen LogP contribution in [-0.2, 0) is 63.6 Å². The second kappa shape index (κ2) is 14.2. The summed E-state index contributed by atoms with van der Waals surface area (Å²) in [5.74, 6) is -0.996. The van der Waals surface area contributed by atoms with Crippen LogP contribution >= 0.6 is 7.82 Å². The second-order valence-corrected chi connectivity index (χ2v) is 10.9. The lowest BCUT2D eigenvalue weighted by Gasteiger charge is -2.27. The average molecular weight is 595 g/mol. The summed E-state index contributed by atoms with van der Waals surface area (Å²) in [6.45, 7) is -0.761. The van der Waals surface area contributed by atoms with Crippen molar-refractivity contribution < 1.29 is 42.2 Å². The predicted molar refractivity (Wildman–Crippen MR) is 150 cm³/mol. The lowest BCUT2D eigenvalue weighted by Crippen LogP contribution is -2.35. The Morgan fingerprint density at radius 1 is 0.762 bits per heavy atom. The number of esters is 1. The Balaban J connectivity index is 1.38. The number of hydrogen-bond acceptors (Lipinski definition) is 9. The lowest BCUT2D eigenvalue weighted by atomic mass is 10.2. The van der Waals surface area contributed by atoms with Crippen LogP contribution in [0.3, 0.4) is 0 Å². The first-order chi connectivity index (χ1) is 20.5. The van der Waals surface area contributed by atoms with E-state index in [1.807, 2.05) is 36.4 Å². The maximum Gasteiger partial charge on any atom is 0.475 e. The molecule has 2 aromatic carbocycles. The number of aliphatic hydroxyl groups excluding tert-OH is 1. The highest BCUT2D eigenvalue weighted by atomic mass is 31.2. The van der Waals surface area contributed by atoms with E-state index < -0.39 is 32.6 Å². The molecule has 220 valence electrons. The largest absolute Gasteiger partial charge is 0.485 e. The molecule has 1 aliphatic heterocycles. The number of carbonyl (C=O) groups excluding carboxylic acids is 1. The van der Waals surface area contributed by atoms with E-state index in [2.05, 4.69) is 9.97 Å². The maximum absolute atomic E-state index is 14.0. The Bertz CT molecular complexity index is 1430. The normalized spacial score (nSPS) is 15.9. The first-order valence-corrected chi connectivity index (χ1v) is 14.7. The molecule has 12 heteroatoms. The number of nitrogens with one attached hydrogen (secondary N) is 2. The van der Waals surface area contributed by atoms with Crippen molar-refractivity contribution >= 4 is 13.8 Å². The van der Waals surface area contributed by atoms with Crippen LogP contribution in [-0.4, -0.2) is 39.9 Å². The summed E-state index contributed by atoms with van der Waals surface area (Å²) >= 11 is 0. The molecule has 0 spiro atoms. The smallest absolute Gasteiger partial charge is 0.475 e. The molecular formula is C30H31N2O9P. The average Bonchev–Trinajstić information content (AvgIpc) is 3.80. The van der Waals surface area contributed by atoms with Gasteiger partial charge in [0.05, 0.1) is 19.8 Å². The first-order valence-electron chi connectivity index (χ1n) is 13.2. The number of aliphatic hydroxyl groups is 1. The molecule has 4 aromatic rings. The zero-order chi connectivity index (χ0) is 29.2. The van der Waals surface area contributed by atoms with Gasteiger partial charge in [-0.15, -0.1) is 0 Å². The Morgan fingerprint density at radius 2 is 1.31 bits per heavy atom. The van der Waals surface area contributed by atoms with Crippen molar-refractivity contribution in [3.05, 3.63) is 131 Å². The van der Waals surface area contributed by atoms with E-state index >= 15 is 0 Å². The van der Waals surface area contributed by atoms with Gasteiger partial charge in [-0.2, -0.15) is 0 Å². The summed E-state index contributed by atoms with van der Waals surface area (Å²) in [4.78, 5) is 18.8. The molecule has 2 unspecified atom stereocenters. The standard InChI is InChI=1S/C30H31N2O9P/c33-17-26(41-42(35,38-20-22-7-3-1-4-8-22)39-21-23-9-5-2-6-10-23)27-28(36-18-24-11-13-31-15-24)29(30(34)40-27)37-19-25-12-14-32-16-25/h1-16,26-27,31-33H,17-21H2. The molecule has 0 amide bonds. The molecule has 0 bridgehead atoms. The third-order valence-corrected chi connectivity index (χ3v) is 7.67. The molecule has 5 rings (SSSR count). The number of ether oxygens (including phenoxy) is 3. The molecule has 3 N–H and O–H groups in total. The minimum absolute atomic E-state index is 0.00606. The van der Waals surface area contributed by atoms with E-state index in [4.69, 9.17) is 27.8 Å². The van der Waals surface area contributed by atoms with Gasteiger partial charge in [0.25, 0.3) is 0 Å². The fraction of sp³-hybridized carbons (Fsp3) is 0.233. The van der Waals surface area contributed by atoms with Crippen LogP contribution in [0, 0.1) is 0 Å². The van der Waals surface area contributed by atoms with Gasteiger partial charge in [0.15, 0.2) is 11.9 Å². The molecule has 0 saturated heterocycles. The number of carbonyl (C=O) groups is 1. The van der Waals surface area contributed by atoms with E-state index in [1.165, 1.54) is 0 Å². The third kappa shape index (κ3) is 7.79. The summed E-state index contributed by atoms with van der Waals surface area (Å²) in [5, 5.41) is 10.4. The van der Waals surface area contributed by atoms with Gasteiger partial charge in [-0.05, 0) is 23.3 Å². The summed E-state index contributed by atoms with van der Waals surface area (Å²) in [6.07, 6.45) is 4.25. The van der Waals surface area contributed by atoms with Gasteiger partial charge in [-0.1, -0.05) is 60.7 Å². The van der Waals surface area contributed by atoms with Crippen molar-refractivity contribution in [2.24, 2.45) is 0 Å². The number of H-pyrrole nitrogens is 2. The van der Waals surface area contributed by atoms with Crippen molar-refractivity contribution in [3.63, 3.8) is 0 Å². The number of phosphoric acid groups is 1. The molecule has 42 heavy (non-hydrogen) atoms. The van der Waals surface area contributed by atoms with Gasteiger partial charge < -0.3 is 29.3 Å². The topological polar surface area (TPSA) is 141 Å². The van der Waals surface area contributed by atoms with Crippen LogP contribution in [0.4, 0.5) is 0 Å². The number of aromatic nitrogens is 2. The molecule has 0 saturated carbocycles. The van der Waals surface area contributed by atoms with Crippen LogP contribution in [0.15, 0.2) is 109 Å². The van der Waals surface area contributed by atoms with Gasteiger partial charge in [0.1, 0.15) is 19.3 Å². The first kappa shape index (κ1) is 29.4. The van der Waals surface area contributed by atoms with Crippen molar-refractivity contribution in [2.45, 2.75) is 38.6 Å². The highest BCUT2D eigenvalue weighted by molar-refractivity contribution is 7.48. The number of aromatic amines is 2. The van der Waals surface area contributed by atoms with Crippen LogP contribution in [0.2, 0.25) is 0 Å². The van der Waals surface area contributed by atoms with Crippen molar-refractivity contribution in [1.82, 2.24) is 9.97 Å². The molecule has 0 radical (unpaired) electrons. The van der Waals surface area contributed by atoms with Gasteiger partial charge in [-0.3, -0.25) is 13.6 Å². The molecular weight excluding hydrogens is 563 g/mol. The highest BCUT2D eigenvalue weighted by Crippen LogP contribution is 2.53. The van der Waals surface area contributed by atoms with E-state index in [0.717, 1.165) is 22.3 Å². The fourth-order valence-corrected chi connectivity index (χ4v) is 5.41. The van der Waals surface area contributed by atoms with E-state index in [9.17, 15) is 14.5 Å². The van der Waals surface area contributed by atoms with Crippen molar-refractivity contribution in [2.75, 3.05) is 6.61 Å². The molecule has 0 fully saturated rings. The van der Waals surface area contributed by atoms with E-state index in [0.29, 0.717) is 0 Å². The predicted octanol–water partition coefficient (Wildman–Crippen LogP) is 5.13. The Hall–Kier alpha value is -4.12. The maximum atomic E-state index is 14.0. The van der Waals surface area contributed by atoms with Crippen LogP contribution in [0.5, 0.6) is 0 Å². The van der Waals surface area contributed by atoms with Crippen molar-refractivity contribution in [3.8, 4) is 0 Å². The van der Waals surface area contributed by atoms with Gasteiger partial charge >= 0.3 is 13.8 Å². The summed E-state index contributed by atoms with van der Waals surface area (Å²) < 4.78 is 48.5. The molecule has 3 heterocycles. The summed E-state index contributed by atoms with van der Waals surface area (Å²) in [6, 6.07) is 21.8. The van der Waals surface area contributed by atoms with Crippen LogP contribution in [0.1, 0.15) is 22.3 Å². The SMILES string of the molecule is O=C1OC(C(CO)OP(=O)(OCc2ccccc2)OCc2ccccc2)C(OCc2cc[nH]c2)=C1OCc1cc[nH]c1.